The molecule has 0 radical (unpaired) electrons. The summed E-state index contributed by atoms with van der Waals surface area (Å²) in [6, 6.07) is 0. The van der Waals surface area contributed by atoms with E-state index in [0.29, 0.717) is 6.42 Å². The van der Waals surface area contributed by atoms with Crippen LogP contribution >= 0.6 is 0 Å². The van der Waals surface area contributed by atoms with Gasteiger partial charge in [0.15, 0.2) is 0 Å². The third-order valence-electron chi connectivity index (χ3n) is 3.21. The largest absolute Gasteiger partial charge is 0.632 e. The van der Waals surface area contributed by atoms with Gasteiger partial charge in [0.2, 0.25) is 0 Å². The Bertz CT molecular complexity index is 228. The van der Waals surface area contributed by atoms with Crippen molar-refractivity contribution in [2.24, 2.45) is 5.73 Å². The van der Waals surface area contributed by atoms with E-state index < -0.39 is 10.6 Å². The zero-order valence-electron chi connectivity index (χ0n) is 13.7. The second-order valence-corrected chi connectivity index (χ2v) is 5.67. The summed E-state index contributed by atoms with van der Waals surface area (Å²) in [7, 11) is 3.10. The number of rotatable bonds is 10. The second kappa shape index (κ2) is 13.3. The van der Waals surface area contributed by atoms with Gasteiger partial charge in [0.1, 0.15) is 6.17 Å². The van der Waals surface area contributed by atoms with E-state index >= 15 is 0 Å². The van der Waals surface area contributed by atoms with Crippen molar-refractivity contribution in [3.8, 4) is 0 Å². The molecule has 0 aliphatic rings. The van der Waals surface area contributed by atoms with Gasteiger partial charge in [0, 0.05) is 12.8 Å². The van der Waals surface area contributed by atoms with Crippen LogP contribution in [0.4, 0.5) is 0 Å². The molecular weight excluding hydrogens is 256 g/mol. The maximum atomic E-state index is 10.8. The number of carboxylic acids is 1. The van der Waals surface area contributed by atoms with Gasteiger partial charge in [-0.1, -0.05) is 52.4 Å². The van der Waals surface area contributed by atoms with Crippen LogP contribution in [0.2, 0.25) is 0 Å². The number of hydrogen-bond donors (Lipinski definition) is 2. The summed E-state index contributed by atoms with van der Waals surface area (Å²) in [5.74, 6) is -0.663. The van der Waals surface area contributed by atoms with Gasteiger partial charge in [0.25, 0.3) is 0 Å². The van der Waals surface area contributed by atoms with Gasteiger partial charge >= 0.3 is 5.97 Å². The molecule has 20 heavy (non-hydrogen) atoms. The number of nitrogens with two attached hydrogens (primary N) is 1. The first-order valence-electron chi connectivity index (χ1n) is 7.77. The molecule has 0 rings (SSSR count). The molecule has 0 saturated carbocycles. The maximum Gasteiger partial charge on any atom is 0.303 e. The molecule has 5 nitrogen and oxygen atoms in total. The topological polar surface area (TPSA) is 86.4 Å². The molecule has 0 aliphatic carbocycles. The second-order valence-electron chi connectivity index (χ2n) is 5.67. The van der Waals surface area contributed by atoms with Gasteiger partial charge in [-0.05, 0) is 6.42 Å². The van der Waals surface area contributed by atoms with Crippen LogP contribution in [0.1, 0.15) is 71.6 Å². The molecule has 0 heterocycles. The lowest BCUT2D eigenvalue weighted by atomic mass is 10.1. The third-order valence-corrected chi connectivity index (χ3v) is 3.21. The maximum absolute atomic E-state index is 10.8. The Balaban J connectivity index is 0. The number of carbonyl (C=O) groups is 1. The summed E-state index contributed by atoms with van der Waals surface area (Å²) in [4.78, 5) is 10.1. The molecule has 0 bridgehead atoms. The van der Waals surface area contributed by atoms with E-state index in [0.717, 1.165) is 19.3 Å². The average Bonchev–Trinajstić information content (AvgIpc) is 2.36. The fourth-order valence-electron chi connectivity index (χ4n) is 1.67. The van der Waals surface area contributed by atoms with Crippen molar-refractivity contribution in [1.29, 1.82) is 0 Å². The Morgan fingerprint density at radius 1 is 1.10 bits per heavy atom. The van der Waals surface area contributed by atoms with Crippen molar-refractivity contribution in [2.45, 2.75) is 77.8 Å². The lowest BCUT2D eigenvalue weighted by molar-refractivity contribution is -0.866. The Labute approximate surface area is 124 Å². The van der Waals surface area contributed by atoms with Crippen LogP contribution in [-0.2, 0) is 4.79 Å². The summed E-state index contributed by atoms with van der Waals surface area (Å²) in [6.45, 7) is 4.10. The Kier molecular flexibility index (Phi) is 14.4. The normalized spacial score (nSPS) is 12.5. The van der Waals surface area contributed by atoms with Gasteiger partial charge in [-0.15, -0.1) is 0 Å². The lowest BCUT2D eigenvalue weighted by Gasteiger charge is -2.38. The highest BCUT2D eigenvalue weighted by Gasteiger charge is 2.10. The van der Waals surface area contributed by atoms with Gasteiger partial charge < -0.3 is 15.0 Å². The molecule has 3 N–H and O–H groups in total. The minimum atomic E-state index is -0.663. The summed E-state index contributed by atoms with van der Waals surface area (Å²) in [6.07, 6.45) is 9.11. The van der Waals surface area contributed by atoms with Gasteiger partial charge in [0.05, 0.1) is 14.1 Å². The van der Waals surface area contributed by atoms with Crippen LogP contribution in [0.5, 0.6) is 0 Å². The Morgan fingerprint density at radius 3 is 1.85 bits per heavy atom. The zero-order chi connectivity index (χ0) is 16.0. The molecule has 1 unspecified atom stereocenters. The van der Waals surface area contributed by atoms with Crippen LogP contribution in [0.25, 0.3) is 0 Å². The molecule has 0 fully saturated rings. The predicted octanol–water partition coefficient (Wildman–Crippen LogP) is 3.47. The summed E-state index contributed by atoms with van der Waals surface area (Å²) < 4.78 is -0.392. The van der Waals surface area contributed by atoms with E-state index in [-0.39, 0.29) is 6.17 Å². The van der Waals surface area contributed by atoms with Crippen molar-refractivity contribution in [3.05, 3.63) is 5.21 Å². The first-order chi connectivity index (χ1) is 9.25. The zero-order valence-corrected chi connectivity index (χ0v) is 13.7. The minimum absolute atomic E-state index is 0.269. The van der Waals surface area contributed by atoms with Crippen LogP contribution in [0, 0.1) is 5.21 Å². The van der Waals surface area contributed by atoms with Gasteiger partial charge in [-0.2, -0.15) is 0 Å². The number of aliphatic carboxylic acids is 1. The highest BCUT2D eigenvalue weighted by Crippen LogP contribution is 2.07. The molecule has 5 heteroatoms. The molecule has 0 amide bonds. The molecule has 0 aliphatic heterocycles. The number of unbranched alkanes of at least 4 members (excludes halogenated alkanes) is 6. The Hall–Kier alpha value is -0.650. The number of carboxylic acid groups (broad SMARTS) is 1. The van der Waals surface area contributed by atoms with Crippen LogP contribution < -0.4 is 5.73 Å². The number of nitrogens with zero attached hydrogens (tertiary/aromatic N) is 1. The highest BCUT2D eigenvalue weighted by atomic mass is 16.5. The molecule has 0 aromatic carbocycles. The van der Waals surface area contributed by atoms with E-state index in [1.807, 2.05) is 6.92 Å². The highest BCUT2D eigenvalue weighted by molar-refractivity contribution is 5.66. The molecule has 0 saturated heterocycles. The third kappa shape index (κ3) is 17.4. The van der Waals surface area contributed by atoms with Crippen molar-refractivity contribution in [2.75, 3.05) is 14.1 Å². The van der Waals surface area contributed by atoms with Crippen molar-refractivity contribution < 1.29 is 14.5 Å². The fourth-order valence-corrected chi connectivity index (χ4v) is 1.67. The van der Waals surface area contributed by atoms with E-state index in [9.17, 15) is 10.0 Å². The predicted molar refractivity (Wildman–Crippen MR) is 84.0 cm³/mol. The van der Waals surface area contributed by atoms with E-state index in [2.05, 4.69) is 6.92 Å². The summed E-state index contributed by atoms with van der Waals surface area (Å²) in [5, 5.41) is 19.2. The van der Waals surface area contributed by atoms with E-state index in [4.69, 9.17) is 10.8 Å². The van der Waals surface area contributed by atoms with Crippen molar-refractivity contribution in [3.63, 3.8) is 0 Å². The number of hydroxylamine groups is 3. The van der Waals surface area contributed by atoms with Crippen LogP contribution in [0.3, 0.4) is 0 Å². The van der Waals surface area contributed by atoms with Crippen LogP contribution in [-0.4, -0.2) is 36.0 Å². The fraction of sp³-hybridized carbons (Fsp3) is 0.933. The standard InChI is InChI=1S/C10H20O2.C5H14N2O/c1-2-3-4-5-6-7-8-9-10(11)12;1-4-5(6)7(2,3)8/h2-9H2,1H3,(H,11,12);5H,4,6H2,1-3H3. The van der Waals surface area contributed by atoms with E-state index in [1.165, 1.54) is 32.1 Å². The minimum Gasteiger partial charge on any atom is -0.632 e. The SMILES string of the molecule is CCC(N)[N+](C)(C)[O-].CCCCCCCCCC(=O)O. The van der Waals surface area contributed by atoms with Crippen molar-refractivity contribution in [1.82, 2.24) is 0 Å². The summed E-state index contributed by atoms with van der Waals surface area (Å²) >= 11 is 0. The first kappa shape index (κ1) is 21.6. The van der Waals surface area contributed by atoms with Crippen molar-refractivity contribution >= 4 is 5.97 Å². The number of hydrogen-bond acceptors (Lipinski definition) is 3. The van der Waals surface area contributed by atoms with Gasteiger partial charge in [-0.25, -0.2) is 0 Å². The molecule has 0 spiro atoms. The molecule has 0 aromatic heterocycles. The molecule has 122 valence electrons. The summed E-state index contributed by atoms with van der Waals surface area (Å²) in [5.41, 5.74) is 5.41. The first-order valence-corrected chi connectivity index (χ1v) is 7.77. The molecular formula is C15H34N2O3. The molecule has 1 atom stereocenters. The monoisotopic (exact) mass is 290 g/mol. The quantitative estimate of drug-likeness (QED) is 0.279. The Morgan fingerprint density at radius 2 is 1.55 bits per heavy atom. The molecule has 0 aromatic rings. The average molecular weight is 290 g/mol. The lowest BCUT2D eigenvalue weighted by Crippen LogP contribution is -2.48. The smallest absolute Gasteiger partial charge is 0.303 e. The van der Waals surface area contributed by atoms with Gasteiger partial charge in [-0.3, -0.25) is 10.5 Å². The van der Waals surface area contributed by atoms with Crippen LogP contribution in [0.15, 0.2) is 0 Å². The number of quaternary nitrogens is 1. The van der Waals surface area contributed by atoms with E-state index in [1.54, 1.807) is 14.1 Å².